The van der Waals surface area contributed by atoms with Gasteiger partial charge in [-0.1, -0.05) is 12.8 Å². The van der Waals surface area contributed by atoms with Crippen molar-refractivity contribution in [1.29, 1.82) is 0 Å². The van der Waals surface area contributed by atoms with Crippen LogP contribution in [0.2, 0.25) is 0 Å². The zero-order valence-electron chi connectivity index (χ0n) is 12.0. The van der Waals surface area contributed by atoms with Crippen molar-refractivity contribution in [1.82, 2.24) is 5.32 Å². The molecule has 0 saturated heterocycles. The summed E-state index contributed by atoms with van der Waals surface area (Å²) < 4.78 is 7.78. The largest absolute Gasteiger partial charge is 0.494 e. The van der Waals surface area contributed by atoms with Crippen molar-refractivity contribution >= 4 is 43.6 Å². The number of halogens is 2. The monoisotopic (exact) mass is 421 g/mol. The van der Waals surface area contributed by atoms with Gasteiger partial charge in [0.2, 0.25) is 0 Å². The third-order valence-electron chi connectivity index (χ3n) is 3.99. The highest BCUT2D eigenvalue weighted by molar-refractivity contribution is 9.11. The number of hydrogen-bond acceptors (Lipinski definition) is 3. The predicted molar refractivity (Wildman–Crippen MR) is 94.8 cm³/mol. The predicted octanol–water partition coefficient (Wildman–Crippen LogP) is 4.99. The van der Waals surface area contributed by atoms with Crippen LogP contribution in [0.3, 0.4) is 0 Å². The van der Waals surface area contributed by atoms with Crippen LogP contribution in [0.5, 0.6) is 5.75 Å². The molecule has 1 aromatic carbocycles. The Morgan fingerprint density at radius 1 is 1.25 bits per heavy atom. The van der Waals surface area contributed by atoms with Crippen molar-refractivity contribution in [2.75, 3.05) is 19.9 Å². The lowest BCUT2D eigenvalue weighted by Crippen LogP contribution is -2.34. The molecule has 0 atom stereocenters. The molecule has 1 fully saturated rings. The van der Waals surface area contributed by atoms with Gasteiger partial charge in [-0.2, -0.15) is 11.8 Å². The number of methoxy groups -OCH3 is 1. The Labute approximate surface area is 142 Å². The maximum absolute atomic E-state index is 5.33. The van der Waals surface area contributed by atoms with Crippen LogP contribution in [-0.4, -0.2) is 24.7 Å². The van der Waals surface area contributed by atoms with Crippen LogP contribution in [-0.2, 0) is 6.54 Å². The van der Waals surface area contributed by atoms with Crippen molar-refractivity contribution in [3.8, 4) is 5.75 Å². The molecular formula is C15H21Br2NOS. The quantitative estimate of drug-likeness (QED) is 0.697. The molecule has 2 rings (SSSR count). The zero-order chi connectivity index (χ0) is 14.6. The molecule has 0 aliphatic heterocycles. The van der Waals surface area contributed by atoms with Crippen molar-refractivity contribution < 1.29 is 4.74 Å². The highest BCUT2D eigenvalue weighted by Gasteiger charge is 2.32. The molecule has 2 nitrogen and oxygen atoms in total. The Kier molecular flexibility index (Phi) is 6.26. The fraction of sp³-hybridized carbons (Fsp3) is 0.600. The molecule has 0 heterocycles. The Morgan fingerprint density at radius 2 is 1.85 bits per heavy atom. The summed E-state index contributed by atoms with van der Waals surface area (Å²) in [6, 6.07) is 4.24. The lowest BCUT2D eigenvalue weighted by molar-refractivity contribution is 0.409. The van der Waals surface area contributed by atoms with Crippen LogP contribution in [0, 0.1) is 0 Å². The van der Waals surface area contributed by atoms with Crippen LogP contribution in [0.1, 0.15) is 31.2 Å². The Hall–Kier alpha value is 0.290. The molecule has 1 aliphatic rings. The summed E-state index contributed by atoms with van der Waals surface area (Å²) in [5, 5.41) is 3.62. The van der Waals surface area contributed by atoms with Gasteiger partial charge in [0.05, 0.1) is 16.1 Å². The lowest BCUT2D eigenvalue weighted by Gasteiger charge is -2.27. The first-order valence-corrected chi connectivity index (χ1v) is 9.69. The lowest BCUT2D eigenvalue weighted by atomic mass is 10.1. The standard InChI is InChI=1S/C15H21Br2NOS/c1-19-14-12(16)7-11(8-13(14)17)9-18-10-15(20-2)5-3-4-6-15/h7-8,18H,3-6,9-10H2,1-2H3. The van der Waals surface area contributed by atoms with E-state index in [1.807, 2.05) is 11.8 Å². The second kappa shape index (κ2) is 7.52. The molecule has 112 valence electrons. The fourth-order valence-electron chi connectivity index (χ4n) is 2.82. The minimum atomic E-state index is 0.459. The number of hydrogen-bond donors (Lipinski definition) is 1. The van der Waals surface area contributed by atoms with Crippen LogP contribution < -0.4 is 10.1 Å². The van der Waals surface area contributed by atoms with Crippen molar-refractivity contribution in [3.05, 3.63) is 26.6 Å². The molecule has 0 bridgehead atoms. The SMILES string of the molecule is COc1c(Br)cc(CNCC2(SC)CCCC2)cc1Br. The van der Waals surface area contributed by atoms with E-state index in [-0.39, 0.29) is 0 Å². The molecule has 0 aromatic heterocycles. The first kappa shape index (κ1) is 16.7. The summed E-state index contributed by atoms with van der Waals surface area (Å²) in [6.45, 7) is 1.99. The minimum Gasteiger partial charge on any atom is -0.494 e. The fourth-order valence-corrected chi connectivity index (χ4v) is 5.36. The number of ether oxygens (including phenoxy) is 1. The maximum Gasteiger partial charge on any atom is 0.147 e. The summed E-state index contributed by atoms with van der Waals surface area (Å²) in [6.07, 6.45) is 7.69. The Balaban J connectivity index is 1.94. The molecule has 5 heteroatoms. The van der Waals surface area contributed by atoms with Gasteiger partial charge >= 0.3 is 0 Å². The topological polar surface area (TPSA) is 21.3 Å². The summed E-state index contributed by atoms with van der Waals surface area (Å²) in [5.74, 6) is 0.852. The average Bonchev–Trinajstić information content (AvgIpc) is 2.88. The van der Waals surface area contributed by atoms with Crippen molar-refractivity contribution in [3.63, 3.8) is 0 Å². The van der Waals surface area contributed by atoms with Crippen LogP contribution in [0.15, 0.2) is 21.1 Å². The van der Waals surface area contributed by atoms with Crippen LogP contribution in [0.4, 0.5) is 0 Å². The van der Waals surface area contributed by atoms with E-state index in [2.05, 4.69) is 55.6 Å². The number of nitrogens with one attached hydrogen (secondary N) is 1. The molecule has 20 heavy (non-hydrogen) atoms. The second-order valence-electron chi connectivity index (χ2n) is 5.29. The summed E-state index contributed by atoms with van der Waals surface area (Å²) >= 11 is 9.13. The first-order valence-electron chi connectivity index (χ1n) is 6.88. The number of rotatable bonds is 6. The molecule has 1 N–H and O–H groups in total. The normalized spacial score (nSPS) is 17.4. The molecule has 1 aromatic rings. The van der Waals surface area contributed by atoms with Gasteiger partial charge in [0, 0.05) is 17.8 Å². The molecule has 0 radical (unpaired) electrons. The van der Waals surface area contributed by atoms with Gasteiger partial charge in [0.1, 0.15) is 5.75 Å². The van der Waals surface area contributed by atoms with Gasteiger partial charge in [-0.15, -0.1) is 0 Å². The van der Waals surface area contributed by atoms with Gasteiger partial charge in [0.15, 0.2) is 0 Å². The molecule has 0 unspecified atom stereocenters. The average molecular weight is 423 g/mol. The second-order valence-corrected chi connectivity index (χ2v) is 8.27. The first-order chi connectivity index (χ1) is 9.60. The van der Waals surface area contributed by atoms with E-state index in [4.69, 9.17) is 4.74 Å². The van der Waals surface area contributed by atoms with E-state index in [1.54, 1.807) is 7.11 Å². The van der Waals surface area contributed by atoms with Crippen LogP contribution in [0.25, 0.3) is 0 Å². The van der Waals surface area contributed by atoms with Crippen LogP contribution >= 0.6 is 43.6 Å². The number of thioether (sulfide) groups is 1. The smallest absolute Gasteiger partial charge is 0.147 e. The highest BCUT2D eigenvalue weighted by atomic mass is 79.9. The molecule has 0 spiro atoms. The van der Waals surface area contributed by atoms with Gasteiger partial charge in [-0.25, -0.2) is 0 Å². The van der Waals surface area contributed by atoms with Gasteiger partial charge in [0.25, 0.3) is 0 Å². The molecule has 0 amide bonds. The minimum absolute atomic E-state index is 0.459. The molecular weight excluding hydrogens is 402 g/mol. The Bertz CT molecular complexity index is 438. The Morgan fingerprint density at radius 3 is 2.35 bits per heavy atom. The van der Waals surface area contributed by atoms with Crippen molar-refractivity contribution in [2.24, 2.45) is 0 Å². The van der Waals surface area contributed by atoms with E-state index >= 15 is 0 Å². The maximum atomic E-state index is 5.33. The van der Waals surface area contributed by atoms with Gasteiger partial charge < -0.3 is 10.1 Å². The third-order valence-corrected chi connectivity index (χ3v) is 6.58. The molecule has 1 aliphatic carbocycles. The van der Waals surface area contributed by atoms with Gasteiger partial charge in [-0.05, 0) is 68.7 Å². The summed E-state index contributed by atoms with van der Waals surface area (Å²) in [7, 11) is 1.69. The van der Waals surface area contributed by atoms with Gasteiger partial charge in [-0.3, -0.25) is 0 Å². The summed E-state index contributed by atoms with van der Waals surface area (Å²) in [5.41, 5.74) is 1.26. The van der Waals surface area contributed by atoms with Crippen molar-refractivity contribution in [2.45, 2.75) is 37.0 Å². The third kappa shape index (κ3) is 3.93. The van der Waals surface area contributed by atoms with E-state index in [0.29, 0.717) is 4.75 Å². The zero-order valence-corrected chi connectivity index (χ0v) is 16.0. The van der Waals surface area contributed by atoms with E-state index in [1.165, 1.54) is 31.2 Å². The highest BCUT2D eigenvalue weighted by Crippen LogP contribution is 2.39. The van der Waals surface area contributed by atoms with E-state index in [0.717, 1.165) is 27.8 Å². The number of benzene rings is 1. The molecule has 1 saturated carbocycles. The van der Waals surface area contributed by atoms with E-state index < -0.39 is 0 Å². The summed E-state index contributed by atoms with van der Waals surface area (Å²) in [4.78, 5) is 0. The van der Waals surface area contributed by atoms with E-state index in [9.17, 15) is 0 Å².